The van der Waals surface area contributed by atoms with Crippen molar-refractivity contribution in [2.75, 3.05) is 0 Å². The van der Waals surface area contributed by atoms with E-state index in [1.807, 2.05) is 18.4 Å². The highest BCUT2D eigenvalue weighted by Gasteiger charge is 1.91. The summed E-state index contributed by atoms with van der Waals surface area (Å²) in [6.07, 6.45) is 0.608. The number of hydrogen-bond donors (Lipinski definition) is 0. The molecule has 0 aliphatic carbocycles. The van der Waals surface area contributed by atoms with Crippen LogP contribution in [0, 0.1) is 18.8 Å². The Labute approximate surface area is 63.7 Å². The molecule has 0 aliphatic rings. The average molecular weight is 150 g/mol. The molecule has 1 aromatic rings. The SMILES string of the molecule is Cc1sccc1C#CC=O. The van der Waals surface area contributed by atoms with Gasteiger partial charge in [0.25, 0.3) is 0 Å². The van der Waals surface area contributed by atoms with Crippen molar-refractivity contribution in [3.63, 3.8) is 0 Å². The summed E-state index contributed by atoms with van der Waals surface area (Å²) < 4.78 is 0. The monoisotopic (exact) mass is 150 g/mol. The van der Waals surface area contributed by atoms with Gasteiger partial charge in [0.05, 0.1) is 0 Å². The minimum absolute atomic E-state index is 0.608. The molecule has 0 aliphatic heterocycles. The molecule has 1 nitrogen and oxygen atoms in total. The highest BCUT2D eigenvalue weighted by molar-refractivity contribution is 7.10. The van der Waals surface area contributed by atoms with Crippen molar-refractivity contribution in [1.29, 1.82) is 0 Å². The summed E-state index contributed by atoms with van der Waals surface area (Å²) in [6, 6.07) is 1.91. The van der Waals surface area contributed by atoms with E-state index in [-0.39, 0.29) is 0 Å². The maximum absolute atomic E-state index is 9.84. The molecule has 1 aromatic heterocycles. The van der Waals surface area contributed by atoms with E-state index in [1.54, 1.807) is 11.3 Å². The molecule has 0 fully saturated rings. The quantitative estimate of drug-likeness (QED) is 0.405. The molecule has 0 aromatic carbocycles. The van der Waals surface area contributed by atoms with Gasteiger partial charge in [-0.3, -0.25) is 4.79 Å². The van der Waals surface area contributed by atoms with E-state index in [9.17, 15) is 4.79 Å². The Morgan fingerprint density at radius 2 is 2.50 bits per heavy atom. The van der Waals surface area contributed by atoms with E-state index in [1.165, 1.54) is 0 Å². The predicted octanol–water partition coefficient (Wildman–Crippen LogP) is 1.61. The van der Waals surface area contributed by atoms with Crippen molar-refractivity contribution in [2.24, 2.45) is 0 Å². The van der Waals surface area contributed by atoms with E-state index in [2.05, 4.69) is 11.8 Å². The minimum Gasteiger partial charge on any atom is -0.289 e. The minimum atomic E-state index is 0.608. The predicted molar refractivity (Wildman–Crippen MR) is 42.0 cm³/mol. The molecule has 0 bridgehead atoms. The Morgan fingerprint density at radius 1 is 1.70 bits per heavy atom. The molecule has 0 spiro atoms. The summed E-state index contributed by atoms with van der Waals surface area (Å²) in [5, 5.41) is 1.96. The van der Waals surface area contributed by atoms with Crippen LogP contribution in [-0.2, 0) is 4.79 Å². The summed E-state index contributed by atoms with van der Waals surface area (Å²) in [4.78, 5) is 11.0. The second kappa shape index (κ2) is 3.19. The average Bonchev–Trinajstić information content (AvgIpc) is 2.31. The summed E-state index contributed by atoms with van der Waals surface area (Å²) in [5.74, 6) is 5.10. The third-order valence-corrected chi connectivity index (χ3v) is 1.97. The molecule has 0 N–H and O–H groups in total. The second-order valence-corrected chi connectivity index (χ2v) is 2.90. The van der Waals surface area contributed by atoms with Crippen molar-refractivity contribution >= 4 is 17.6 Å². The molecule has 1 rings (SSSR count). The largest absolute Gasteiger partial charge is 0.289 e. The topological polar surface area (TPSA) is 17.1 Å². The second-order valence-electron chi connectivity index (χ2n) is 1.78. The van der Waals surface area contributed by atoms with Gasteiger partial charge in [-0.15, -0.1) is 11.3 Å². The van der Waals surface area contributed by atoms with E-state index < -0.39 is 0 Å². The van der Waals surface area contributed by atoms with Crippen molar-refractivity contribution in [3.05, 3.63) is 21.9 Å². The maximum atomic E-state index is 9.84. The molecule has 10 heavy (non-hydrogen) atoms. The number of carbonyl (C=O) groups excluding carboxylic acids is 1. The molecule has 0 radical (unpaired) electrons. The molecule has 0 saturated carbocycles. The first kappa shape index (κ1) is 7.04. The third-order valence-electron chi connectivity index (χ3n) is 1.12. The highest BCUT2D eigenvalue weighted by atomic mass is 32.1. The van der Waals surface area contributed by atoms with Crippen molar-refractivity contribution in [2.45, 2.75) is 6.92 Å². The summed E-state index contributed by atoms with van der Waals surface area (Å²) >= 11 is 1.64. The van der Waals surface area contributed by atoms with Gasteiger partial charge in [-0.2, -0.15) is 0 Å². The zero-order chi connectivity index (χ0) is 7.40. The first-order valence-electron chi connectivity index (χ1n) is 2.84. The first-order chi connectivity index (χ1) is 4.84. The van der Waals surface area contributed by atoms with Crippen LogP contribution in [0.1, 0.15) is 10.4 Å². The van der Waals surface area contributed by atoms with Crippen molar-refractivity contribution < 1.29 is 4.79 Å². The van der Waals surface area contributed by atoms with E-state index in [0.717, 1.165) is 10.4 Å². The van der Waals surface area contributed by atoms with Crippen LogP contribution in [0.15, 0.2) is 11.4 Å². The molecule has 0 saturated heterocycles. The number of aryl methyl sites for hydroxylation is 1. The Morgan fingerprint density at radius 3 is 3.00 bits per heavy atom. The Balaban J connectivity index is 2.94. The Kier molecular flexibility index (Phi) is 2.24. The Bertz CT molecular complexity index is 288. The lowest BCUT2D eigenvalue weighted by atomic mass is 10.3. The van der Waals surface area contributed by atoms with Crippen LogP contribution < -0.4 is 0 Å². The van der Waals surface area contributed by atoms with Crippen molar-refractivity contribution in [3.8, 4) is 11.8 Å². The molecule has 2 heteroatoms. The number of rotatable bonds is 0. The number of thiophene rings is 1. The lowest BCUT2D eigenvalue weighted by Gasteiger charge is -1.80. The van der Waals surface area contributed by atoms with Crippen LogP contribution in [0.5, 0.6) is 0 Å². The third kappa shape index (κ3) is 1.46. The highest BCUT2D eigenvalue weighted by Crippen LogP contribution is 2.12. The first-order valence-corrected chi connectivity index (χ1v) is 3.72. The van der Waals surface area contributed by atoms with Crippen molar-refractivity contribution in [1.82, 2.24) is 0 Å². The normalized spacial score (nSPS) is 8.10. The molecule has 0 atom stereocenters. The van der Waals surface area contributed by atoms with Crippen LogP contribution >= 0.6 is 11.3 Å². The van der Waals surface area contributed by atoms with Gasteiger partial charge in [-0.25, -0.2) is 0 Å². The van der Waals surface area contributed by atoms with Crippen LogP contribution in [0.25, 0.3) is 0 Å². The van der Waals surface area contributed by atoms with Gasteiger partial charge in [-0.05, 0) is 24.3 Å². The Hall–Kier alpha value is -1.07. The van der Waals surface area contributed by atoms with E-state index in [0.29, 0.717) is 6.29 Å². The van der Waals surface area contributed by atoms with Crippen LogP contribution in [0.3, 0.4) is 0 Å². The zero-order valence-electron chi connectivity index (χ0n) is 5.55. The lowest BCUT2D eigenvalue weighted by Crippen LogP contribution is -1.70. The van der Waals surface area contributed by atoms with Crippen LogP contribution in [0.4, 0.5) is 0 Å². The van der Waals surface area contributed by atoms with Gasteiger partial charge in [-0.1, -0.05) is 5.92 Å². The van der Waals surface area contributed by atoms with Crippen LogP contribution in [0.2, 0.25) is 0 Å². The number of carbonyl (C=O) groups is 1. The van der Waals surface area contributed by atoms with Gasteiger partial charge >= 0.3 is 0 Å². The van der Waals surface area contributed by atoms with E-state index in [4.69, 9.17) is 0 Å². The van der Waals surface area contributed by atoms with Gasteiger partial charge < -0.3 is 0 Å². The number of aldehydes is 1. The fourth-order valence-corrected chi connectivity index (χ4v) is 1.28. The molecular weight excluding hydrogens is 144 g/mol. The zero-order valence-corrected chi connectivity index (χ0v) is 6.37. The molecule has 50 valence electrons. The maximum Gasteiger partial charge on any atom is 0.193 e. The fourth-order valence-electron chi connectivity index (χ4n) is 0.622. The lowest BCUT2D eigenvalue weighted by molar-refractivity contribution is -0.103. The molecule has 0 amide bonds. The summed E-state index contributed by atoms with van der Waals surface area (Å²) in [5.41, 5.74) is 0.956. The summed E-state index contributed by atoms with van der Waals surface area (Å²) in [6.45, 7) is 1.99. The smallest absolute Gasteiger partial charge is 0.193 e. The van der Waals surface area contributed by atoms with Gasteiger partial charge in [0.2, 0.25) is 0 Å². The molecule has 0 unspecified atom stereocenters. The summed E-state index contributed by atoms with van der Waals surface area (Å²) in [7, 11) is 0. The molecular formula is C8H6OS. The van der Waals surface area contributed by atoms with Gasteiger partial charge in [0, 0.05) is 10.4 Å². The van der Waals surface area contributed by atoms with E-state index >= 15 is 0 Å². The fraction of sp³-hybridized carbons (Fsp3) is 0.125. The van der Waals surface area contributed by atoms with Gasteiger partial charge in [0.1, 0.15) is 0 Å². The molecule has 1 heterocycles. The number of hydrogen-bond acceptors (Lipinski definition) is 2. The van der Waals surface area contributed by atoms with Gasteiger partial charge in [0.15, 0.2) is 6.29 Å². The van der Waals surface area contributed by atoms with Crippen LogP contribution in [-0.4, -0.2) is 6.29 Å². The standard InChI is InChI=1S/C8H6OS/c1-7-8(3-2-5-9)4-6-10-7/h4-6H,1H3.